The normalized spacial score (nSPS) is 19.1. The second kappa shape index (κ2) is 3.30. The van der Waals surface area contributed by atoms with Gasteiger partial charge < -0.3 is 5.32 Å². The number of aromatic nitrogens is 2. The minimum Gasteiger partial charge on any atom is -0.382 e. The van der Waals surface area contributed by atoms with Crippen molar-refractivity contribution in [2.45, 2.75) is 33.1 Å². The molecule has 0 aromatic carbocycles. The Morgan fingerprint density at radius 2 is 2.29 bits per heavy atom. The first-order valence-electron chi connectivity index (χ1n) is 5.33. The first-order valence-corrected chi connectivity index (χ1v) is 5.33. The average molecular weight is 193 g/mol. The monoisotopic (exact) mass is 193 g/mol. The van der Waals surface area contributed by atoms with E-state index < -0.39 is 0 Å². The number of rotatable bonds is 3. The summed E-state index contributed by atoms with van der Waals surface area (Å²) in [6.45, 7) is 5.49. The zero-order valence-electron chi connectivity index (χ0n) is 9.30. The van der Waals surface area contributed by atoms with E-state index in [9.17, 15) is 0 Å². The summed E-state index contributed by atoms with van der Waals surface area (Å²) in [5.41, 5.74) is 2.80. The highest BCUT2D eigenvalue weighted by molar-refractivity contribution is 5.45. The molecular weight excluding hydrogens is 174 g/mol. The van der Waals surface area contributed by atoms with Crippen molar-refractivity contribution in [3.05, 3.63) is 11.9 Å². The quantitative estimate of drug-likeness (QED) is 0.798. The number of aryl methyl sites for hydroxylation is 2. The number of nitrogens with one attached hydrogen (secondary N) is 1. The largest absolute Gasteiger partial charge is 0.382 e. The molecule has 14 heavy (non-hydrogen) atoms. The van der Waals surface area contributed by atoms with Gasteiger partial charge in [-0.05, 0) is 25.2 Å². The molecule has 0 atom stereocenters. The van der Waals surface area contributed by atoms with Crippen LogP contribution in [0.4, 0.5) is 5.69 Å². The number of hydrogen-bond donors (Lipinski definition) is 1. The second-order valence-electron chi connectivity index (χ2n) is 4.82. The molecule has 1 saturated carbocycles. The van der Waals surface area contributed by atoms with E-state index in [0.29, 0.717) is 5.41 Å². The second-order valence-corrected chi connectivity index (χ2v) is 4.82. The zero-order chi connectivity index (χ0) is 10.2. The molecule has 1 fully saturated rings. The molecule has 78 valence electrons. The van der Waals surface area contributed by atoms with Gasteiger partial charge in [0.25, 0.3) is 0 Å². The van der Waals surface area contributed by atoms with Crippen LogP contribution < -0.4 is 5.32 Å². The Labute approximate surface area is 85.5 Å². The molecule has 0 unspecified atom stereocenters. The molecule has 3 heteroatoms. The summed E-state index contributed by atoms with van der Waals surface area (Å²) < 4.78 is 1.86. The molecular formula is C11H19N3. The fraction of sp³-hybridized carbons (Fsp3) is 0.727. The van der Waals surface area contributed by atoms with Crippen molar-refractivity contribution in [3.8, 4) is 0 Å². The van der Waals surface area contributed by atoms with Gasteiger partial charge in [-0.3, -0.25) is 4.68 Å². The summed E-state index contributed by atoms with van der Waals surface area (Å²) in [6, 6.07) is 0. The van der Waals surface area contributed by atoms with Gasteiger partial charge >= 0.3 is 0 Å². The lowest BCUT2D eigenvalue weighted by molar-refractivity contribution is 0.180. The van der Waals surface area contributed by atoms with Crippen molar-refractivity contribution >= 4 is 5.69 Å². The lowest BCUT2D eigenvalue weighted by atomic mass is 9.70. The Kier molecular flexibility index (Phi) is 2.25. The molecule has 3 nitrogen and oxygen atoms in total. The Morgan fingerprint density at radius 1 is 1.57 bits per heavy atom. The Bertz CT molecular complexity index is 323. The molecule has 2 rings (SSSR count). The van der Waals surface area contributed by atoms with Crippen LogP contribution in [0.3, 0.4) is 0 Å². The smallest absolute Gasteiger partial charge is 0.0824 e. The van der Waals surface area contributed by atoms with Gasteiger partial charge in [0.05, 0.1) is 11.4 Å². The molecule has 0 bridgehead atoms. The summed E-state index contributed by atoms with van der Waals surface area (Å²) in [5.74, 6) is 0. The SMILES string of the molecule is Cc1nn(C)cc1NCC1(C)CCC1. The van der Waals surface area contributed by atoms with E-state index >= 15 is 0 Å². The highest BCUT2D eigenvalue weighted by atomic mass is 15.3. The van der Waals surface area contributed by atoms with Gasteiger partial charge in [-0.15, -0.1) is 0 Å². The van der Waals surface area contributed by atoms with Crippen LogP contribution >= 0.6 is 0 Å². The van der Waals surface area contributed by atoms with E-state index in [4.69, 9.17) is 0 Å². The summed E-state index contributed by atoms with van der Waals surface area (Å²) in [5, 5.41) is 7.80. The van der Waals surface area contributed by atoms with Crippen molar-refractivity contribution in [2.24, 2.45) is 12.5 Å². The van der Waals surface area contributed by atoms with Gasteiger partial charge in [-0.2, -0.15) is 5.10 Å². The van der Waals surface area contributed by atoms with Crippen LogP contribution in [0.2, 0.25) is 0 Å². The number of anilines is 1. The van der Waals surface area contributed by atoms with E-state index in [1.165, 1.54) is 24.9 Å². The van der Waals surface area contributed by atoms with Gasteiger partial charge in [0.1, 0.15) is 0 Å². The molecule has 1 heterocycles. The molecule has 1 aliphatic carbocycles. The van der Waals surface area contributed by atoms with E-state index in [1.807, 2.05) is 18.7 Å². The molecule has 0 spiro atoms. The predicted molar refractivity (Wildman–Crippen MR) is 58.4 cm³/mol. The fourth-order valence-electron chi connectivity index (χ4n) is 2.04. The Morgan fingerprint density at radius 3 is 2.71 bits per heavy atom. The van der Waals surface area contributed by atoms with Gasteiger partial charge in [-0.1, -0.05) is 13.3 Å². The zero-order valence-corrected chi connectivity index (χ0v) is 9.30. The third kappa shape index (κ3) is 1.76. The third-order valence-corrected chi connectivity index (χ3v) is 3.28. The van der Waals surface area contributed by atoms with Crippen LogP contribution in [0.25, 0.3) is 0 Å². The van der Waals surface area contributed by atoms with Crippen LogP contribution in [0, 0.1) is 12.3 Å². The van der Waals surface area contributed by atoms with E-state index in [-0.39, 0.29) is 0 Å². The molecule has 0 aliphatic heterocycles. The molecule has 1 aromatic rings. The van der Waals surface area contributed by atoms with Crippen LogP contribution in [-0.4, -0.2) is 16.3 Å². The summed E-state index contributed by atoms with van der Waals surface area (Å²) >= 11 is 0. The van der Waals surface area contributed by atoms with Crippen LogP contribution in [0.5, 0.6) is 0 Å². The highest BCUT2D eigenvalue weighted by Gasteiger charge is 2.31. The molecule has 1 N–H and O–H groups in total. The number of hydrogen-bond acceptors (Lipinski definition) is 2. The standard InChI is InChI=1S/C11H19N3/c1-9-10(7-14(3)13-9)12-8-11(2)5-4-6-11/h7,12H,4-6,8H2,1-3H3. The predicted octanol–water partition coefficient (Wildman–Crippen LogP) is 2.33. The Balaban J connectivity index is 1.94. The topological polar surface area (TPSA) is 29.9 Å². The molecule has 0 saturated heterocycles. The van der Waals surface area contributed by atoms with Crippen molar-refractivity contribution in [3.63, 3.8) is 0 Å². The summed E-state index contributed by atoms with van der Waals surface area (Å²) in [6.07, 6.45) is 6.17. The summed E-state index contributed by atoms with van der Waals surface area (Å²) in [7, 11) is 1.96. The van der Waals surface area contributed by atoms with Crippen molar-refractivity contribution < 1.29 is 0 Å². The van der Waals surface area contributed by atoms with Gasteiger partial charge in [-0.25, -0.2) is 0 Å². The third-order valence-electron chi connectivity index (χ3n) is 3.28. The molecule has 1 aromatic heterocycles. The van der Waals surface area contributed by atoms with Crippen LogP contribution in [-0.2, 0) is 7.05 Å². The van der Waals surface area contributed by atoms with Crippen LogP contribution in [0.1, 0.15) is 31.9 Å². The maximum Gasteiger partial charge on any atom is 0.0824 e. The maximum atomic E-state index is 4.31. The van der Waals surface area contributed by atoms with Crippen molar-refractivity contribution in [2.75, 3.05) is 11.9 Å². The molecule has 0 amide bonds. The molecule has 1 aliphatic rings. The Hall–Kier alpha value is -0.990. The van der Waals surface area contributed by atoms with Gasteiger partial charge in [0, 0.05) is 19.8 Å². The highest BCUT2D eigenvalue weighted by Crippen LogP contribution is 2.40. The van der Waals surface area contributed by atoms with E-state index in [0.717, 1.165) is 12.2 Å². The minimum absolute atomic E-state index is 0.530. The number of nitrogens with zero attached hydrogens (tertiary/aromatic N) is 2. The lowest BCUT2D eigenvalue weighted by Crippen LogP contribution is -2.33. The first-order chi connectivity index (χ1) is 6.59. The molecule has 0 radical (unpaired) electrons. The maximum absolute atomic E-state index is 4.31. The first kappa shape index (κ1) is 9.56. The fourth-order valence-corrected chi connectivity index (χ4v) is 2.04. The average Bonchev–Trinajstić information content (AvgIpc) is 2.38. The summed E-state index contributed by atoms with van der Waals surface area (Å²) in [4.78, 5) is 0. The van der Waals surface area contributed by atoms with Crippen LogP contribution in [0.15, 0.2) is 6.20 Å². The van der Waals surface area contributed by atoms with Gasteiger partial charge in [0.15, 0.2) is 0 Å². The van der Waals surface area contributed by atoms with Crippen molar-refractivity contribution in [1.82, 2.24) is 9.78 Å². The lowest BCUT2D eigenvalue weighted by Gasteiger charge is -2.38. The van der Waals surface area contributed by atoms with Gasteiger partial charge in [0.2, 0.25) is 0 Å². The van der Waals surface area contributed by atoms with Crippen molar-refractivity contribution in [1.29, 1.82) is 0 Å². The minimum atomic E-state index is 0.530. The van der Waals surface area contributed by atoms with E-state index in [1.54, 1.807) is 0 Å². The van der Waals surface area contributed by atoms with E-state index in [2.05, 4.69) is 23.5 Å².